The number of carboxylic acids is 1. The second-order valence-corrected chi connectivity index (χ2v) is 11.9. The van der Waals surface area contributed by atoms with E-state index in [4.69, 9.17) is 4.43 Å². The van der Waals surface area contributed by atoms with Crippen LogP contribution in [-0.4, -0.2) is 25.0 Å². The zero-order chi connectivity index (χ0) is 13.1. The van der Waals surface area contributed by atoms with Gasteiger partial charge in [-0.25, -0.2) is 0 Å². The van der Waals surface area contributed by atoms with Gasteiger partial charge in [0.15, 0.2) is 8.32 Å². The Morgan fingerprint density at radius 2 is 2.00 bits per heavy atom. The lowest BCUT2D eigenvalue weighted by molar-refractivity contribution is -0.140. The summed E-state index contributed by atoms with van der Waals surface area (Å²) in [7, 11) is -1.85. The minimum atomic E-state index is -1.85. The molecule has 0 spiro atoms. The Kier molecular flexibility index (Phi) is 2.75. The lowest BCUT2D eigenvalue weighted by Gasteiger charge is -2.39. The Morgan fingerprint density at radius 1 is 1.41 bits per heavy atom. The molecule has 2 aliphatic rings. The summed E-state index contributed by atoms with van der Waals surface area (Å²) >= 11 is 0. The molecule has 0 aromatic heterocycles. The summed E-state index contributed by atoms with van der Waals surface area (Å²) in [6, 6.07) is 0. The smallest absolute Gasteiger partial charge is 0.309 e. The minimum Gasteiger partial charge on any atom is -0.481 e. The van der Waals surface area contributed by atoms with Crippen molar-refractivity contribution in [3.63, 3.8) is 0 Å². The number of carbonyl (C=O) groups is 1. The van der Waals surface area contributed by atoms with Gasteiger partial charge in [0.1, 0.15) is 0 Å². The standard InChI is InChI=1S/C13H24O3Si/c1-12(2,3)17(4,5)16-13-8-6-7-9(13)10(13)11(14)15/h9-10H,6-8H2,1-5H3,(H,14,15). The predicted octanol–water partition coefficient (Wildman–Crippen LogP) is 3.26. The molecule has 17 heavy (non-hydrogen) atoms. The average Bonchev–Trinajstić information content (AvgIpc) is 2.53. The number of carboxylic acid groups (broad SMARTS) is 1. The van der Waals surface area contributed by atoms with E-state index in [0.29, 0.717) is 0 Å². The molecule has 4 heteroatoms. The van der Waals surface area contributed by atoms with Crippen LogP contribution in [0.5, 0.6) is 0 Å². The van der Waals surface area contributed by atoms with Crippen LogP contribution < -0.4 is 0 Å². The van der Waals surface area contributed by atoms with Gasteiger partial charge in [0.2, 0.25) is 0 Å². The van der Waals surface area contributed by atoms with Gasteiger partial charge in [0.05, 0.1) is 11.5 Å². The molecular formula is C13H24O3Si. The maximum absolute atomic E-state index is 11.3. The Bertz CT molecular complexity index is 345. The van der Waals surface area contributed by atoms with Crippen molar-refractivity contribution in [2.45, 2.75) is 63.8 Å². The minimum absolute atomic E-state index is 0.153. The van der Waals surface area contributed by atoms with Gasteiger partial charge >= 0.3 is 5.97 Å². The molecule has 3 atom stereocenters. The first-order valence-corrected chi connectivity index (χ1v) is 9.46. The van der Waals surface area contributed by atoms with Gasteiger partial charge in [-0.3, -0.25) is 4.79 Å². The zero-order valence-corrected chi connectivity index (χ0v) is 12.5. The van der Waals surface area contributed by atoms with E-state index in [-0.39, 0.29) is 22.5 Å². The summed E-state index contributed by atoms with van der Waals surface area (Å²) < 4.78 is 6.46. The van der Waals surface area contributed by atoms with Crippen molar-refractivity contribution >= 4 is 14.3 Å². The average molecular weight is 256 g/mol. The van der Waals surface area contributed by atoms with Gasteiger partial charge in [0, 0.05) is 5.92 Å². The van der Waals surface area contributed by atoms with E-state index in [1.165, 1.54) is 0 Å². The number of hydrogen-bond donors (Lipinski definition) is 1. The first kappa shape index (κ1) is 13.1. The molecule has 0 aromatic carbocycles. The van der Waals surface area contributed by atoms with E-state index in [2.05, 4.69) is 33.9 Å². The Morgan fingerprint density at radius 3 is 2.41 bits per heavy atom. The molecule has 2 rings (SSSR count). The molecule has 0 aromatic rings. The monoisotopic (exact) mass is 256 g/mol. The van der Waals surface area contributed by atoms with Gasteiger partial charge in [-0.15, -0.1) is 0 Å². The van der Waals surface area contributed by atoms with Crippen LogP contribution in [0.1, 0.15) is 40.0 Å². The van der Waals surface area contributed by atoms with E-state index >= 15 is 0 Å². The summed E-state index contributed by atoms with van der Waals surface area (Å²) in [6.07, 6.45) is 3.11. The number of aliphatic carboxylic acids is 1. The van der Waals surface area contributed by atoms with E-state index < -0.39 is 14.3 Å². The molecule has 3 nitrogen and oxygen atoms in total. The van der Waals surface area contributed by atoms with Gasteiger partial charge in [-0.05, 0) is 31.0 Å². The van der Waals surface area contributed by atoms with Crippen molar-refractivity contribution < 1.29 is 14.3 Å². The maximum atomic E-state index is 11.3. The first-order chi connectivity index (χ1) is 7.62. The van der Waals surface area contributed by atoms with Gasteiger partial charge in [0.25, 0.3) is 0 Å². The van der Waals surface area contributed by atoms with Crippen molar-refractivity contribution in [1.29, 1.82) is 0 Å². The highest BCUT2D eigenvalue weighted by Gasteiger charge is 2.72. The summed E-state index contributed by atoms with van der Waals surface area (Å²) in [5.74, 6) is -0.604. The molecule has 0 radical (unpaired) electrons. The van der Waals surface area contributed by atoms with E-state index in [1.807, 2.05) is 0 Å². The number of fused-ring (bicyclic) bond motifs is 1. The van der Waals surface area contributed by atoms with E-state index in [9.17, 15) is 9.90 Å². The molecule has 0 amide bonds. The van der Waals surface area contributed by atoms with Crippen LogP contribution in [0.2, 0.25) is 18.1 Å². The summed E-state index contributed by atoms with van der Waals surface area (Å²) in [5, 5.41) is 9.41. The van der Waals surface area contributed by atoms with Crippen molar-refractivity contribution in [3.8, 4) is 0 Å². The predicted molar refractivity (Wildman–Crippen MR) is 69.5 cm³/mol. The molecule has 2 saturated carbocycles. The second-order valence-electron chi connectivity index (χ2n) is 7.13. The fourth-order valence-electron chi connectivity index (χ4n) is 3.04. The van der Waals surface area contributed by atoms with Crippen molar-refractivity contribution in [1.82, 2.24) is 0 Å². The third kappa shape index (κ3) is 1.85. The normalized spacial score (nSPS) is 36.8. The van der Waals surface area contributed by atoms with Crippen molar-refractivity contribution in [2.24, 2.45) is 11.8 Å². The van der Waals surface area contributed by atoms with Gasteiger partial charge in [-0.1, -0.05) is 27.2 Å². The quantitative estimate of drug-likeness (QED) is 0.788. The fourth-order valence-corrected chi connectivity index (χ4v) is 4.68. The van der Waals surface area contributed by atoms with Gasteiger partial charge < -0.3 is 9.53 Å². The van der Waals surface area contributed by atoms with Crippen LogP contribution in [-0.2, 0) is 9.22 Å². The highest BCUT2D eigenvalue weighted by molar-refractivity contribution is 6.74. The van der Waals surface area contributed by atoms with Crippen LogP contribution in [0.3, 0.4) is 0 Å². The largest absolute Gasteiger partial charge is 0.481 e. The molecule has 0 saturated heterocycles. The van der Waals surface area contributed by atoms with E-state index in [0.717, 1.165) is 19.3 Å². The second kappa shape index (κ2) is 3.57. The third-order valence-electron chi connectivity index (χ3n) is 5.05. The lowest BCUT2D eigenvalue weighted by atomic mass is 10.1. The summed E-state index contributed by atoms with van der Waals surface area (Å²) in [6.45, 7) is 11.1. The molecule has 0 aliphatic heterocycles. The van der Waals surface area contributed by atoms with Crippen LogP contribution in [0, 0.1) is 11.8 Å². The molecule has 2 aliphatic carbocycles. The Balaban J connectivity index is 2.16. The van der Waals surface area contributed by atoms with Crippen molar-refractivity contribution in [2.75, 3.05) is 0 Å². The lowest BCUT2D eigenvalue weighted by Crippen LogP contribution is -2.45. The maximum Gasteiger partial charge on any atom is 0.309 e. The summed E-state index contributed by atoms with van der Waals surface area (Å²) in [5.41, 5.74) is -0.297. The van der Waals surface area contributed by atoms with Crippen molar-refractivity contribution in [3.05, 3.63) is 0 Å². The topological polar surface area (TPSA) is 46.5 Å². The highest BCUT2D eigenvalue weighted by Crippen LogP contribution is 2.65. The molecule has 1 N–H and O–H groups in total. The SMILES string of the molecule is CC(C)(C)[Si](C)(C)OC12CCCC1C2C(=O)O. The Labute approximate surface area is 105 Å². The molecule has 0 heterocycles. The number of rotatable bonds is 3. The molecule has 2 fully saturated rings. The van der Waals surface area contributed by atoms with Crippen LogP contribution in [0.15, 0.2) is 0 Å². The Hall–Kier alpha value is -0.353. The summed E-state index contributed by atoms with van der Waals surface area (Å²) in [4.78, 5) is 11.3. The van der Waals surface area contributed by atoms with Crippen LogP contribution in [0.4, 0.5) is 0 Å². The molecule has 3 unspecified atom stereocenters. The first-order valence-electron chi connectivity index (χ1n) is 6.55. The van der Waals surface area contributed by atoms with E-state index in [1.54, 1.807) is 0 Å². The third-order valence-corrected chi connectivity index (χ3v) is 9.55. The molecular weight excluding hydrogens is 232 g/mol. The zero-order valence-electron chi connectivity index (χ0n) is 11.5. The van der Waals surface area contributed by atoms with Crippen LogP contribution in [0.25, 0.3) is 0 Å². The highest BCUT2D eigenvalue weighted by atomic mass is 28.4. The molecule has 98 valence electrons. The fraction of sp³-hybridized carbons (Fsp3) is 0.923. The van der Waals surface area contributed by atoms with Gasteiger partial charge in [-0.2, -0.15) is 0 Å². The number of hydrogen-bond acceptors (Lipinski definition) is 2. The van der Waals surface area contributed by atoms with Crippen LogP contribution >= 0.6 is 0 Å². The molecule has 0 bridgehead atoms.